The number of aryl methyl sites for hydroxylation is 2. The molecule has 0 aliphatic carbocycles. The molecule has 0 aliphatic rings. The molecule has 7 nitrogen and oxygen atoms in total. The number of rotatable bonds is 14. The van der Waals surface area contributed by atoms with E-state index in [9.17, 15) is 18.0 Å². The van der Waals surface area contributed by atoms with Gasteiger partial charge in [-0.15, -0.1) is 0 Å². The maximum Gasteiger partial charge on any atom is 0.243 e. The van der Waals surface area contributed by atoms with Crippen LogP contribution in [0.5, 0.6) is 0 Å². The third kappa shape index (κ3) is 9.74. The van der Waals surface area contributed by atoms with Crippen LogP contribution in [-0.4, -0.2) is 50.0 Å². The van der Waals surface area contributed by atoms with E-state index in [0.29, 0.717) is 18.5 Å². The molecule has 2 atom stereocenters. The van der Waals surface area contributed by atoms with Crippen LogP contribution in [0.25, 0.3) is 0 Å². The van der Waals surface area contributed by atoms with Gasteiger partial charge in [0.05, 0.1) is 11.9 Å². The lowest BCUT2D eigenvalue weighted by Gasteiger charge is -2.32. The van der Waals surface area contributed by atoms with E-state index in [0.717, 1.165) is 28.7 Å². The van der Waals surface area contributed by atoms with Crippen molar-refractivity contribution >= 4 is 27.5 Å². The van der Waals surface area contributed by atoms with E-state index in [1.807, 2.05) is 107 Å². The molecule has 41 heavy (non-hydrogen) atoms. The maximum atomic E-state index is 13.9. The van der Waals surface area contributed by atoms with Gasteiger partial charge in [-0.05, 0) is 68.0 Å². The van der Waals surface area contributed by atoms with Crippen molar-refractivity contribution in [2.24, 2.45) is 0 Å². The first-order chi connectivity index (χ1) is 19.5. The summed E-state index contributed by atoms with van der Waals surface area (Å²) in [6, 6.07) is 24.2. The van der Waals surface area contributed by atoms with Crippen molar-refractivity contribution in [2.45, 2.75) is 72.0 Å². The fourth-order valence-electron chi connectivity index (χ4n) is 4.87. The molecule has 3 aromatic carbocycles. The van der Waals surface area contributed by atoms with Gasteiger partial charge in [0.15, 0.2) is 0 Å². The van der Waals surface area contributed by atoms with E-state index in [1.165, 1.54) is 10.6 Å². The number of benzene rings is 3. The molecule has 0 aliphatic heterocycles. The molecule has 2 amide bonds. The van der Waals surface area contributed by atoms with Crippen molar-refractivity contribution in [1.82, 2.24) is 10.2 Å². The number of hydrogen-bond acceptors (Lipinski definition) is 4. The van der Waals surface area contributed by atoms with Gasteiger partial charge < -0.3 is 10.2 Å². The number of nitrogens with zero attached hydrogens (tertiary/aromatic N) is 2. The van der Waals surface area contributed by atoms with Gasteiger partial charge in [-0.2, -0.15) is 0 Å². The highest BCUT2D eigenvalue weighted by molar-refractivity contribution is 7.92. The van der Waals surface area contributed by atoms with E-state index in [2.05, 4.69) is 5.32 Å². The summed E-state index contributed by atoms with van der Waals surface area (Å²) in [6.07, 6.45) is 2.75. The molecule has 220 valence electrons. The highest BCUT2D eigenvalue weighted by Crippen LogP contribution is 2.23. The Kier molecular flexibility index (Phi) is 11.5. The van der Waals surface area contributed by atoms with Crippen LogP contribution >= 0.6 is 0 Å². The molecule has 3 aromatic rings. The molecular formula is C33H43N3O4S. The van der Waals surface area contributed by atoms with Crippen molar-refractivity contribution < 1.29 is 18.0 Å². The fourth-order valence-corrected chi connectivity index (χ4v) is 5.82. The predicted molar refractivity (Wildman–Crippen MR) is 166 cm³/mol. The smallest absolute Gasteiger partial charge is 0.243 e. The van der Waals surface area contributed by atoms with Crippen molar-refractivity contribution in [1.29, 1.82) is 0 Å². The Morgan fingerprint density at radius 3 is 1.98 bits per heavy atom. The Hall–Kier alpha value is -3.65. The number of hydrogen-bond donors (Lipinski definition) is 1. The number of nitrogens with one attached hydrogen (secondary N) is 1. The summed E-state index contributed by atoms with van der Waals surface area (Å²) < 4.78 is 26.8. The second kappa shape index (κ2) is 14.8. The van der Waals surface area contributed by atoms with Gasteiger partial charge in [-0.1, -0.05) is 73.7 Å². The van der Waals surface area contributed by atoms with Gasteiger partial charge in [0.1, 0.15) is 6.04 Å². The third-order valence-corrected chi connectivity index (χ3v) is 8.31. The molecule has 0 saturated carbocycles. The van der Waals surface area contributed by atoms with Crippen LogP contribution in [0.1, 0.15) is 55.4 Å². The summed E-state index contributed by atoms with van der Waals surface area (Å²) in [5.41, 5.74) is 4.40. The summed E-state index contributed by atoms with van der Waals surface area (Å²) in [5, 5.41) is 3.08. The Morgan fingerprint density at radius 1 is 0.878 bits per heavy atom. The van der Waals surface area contributed by atoms with E-state index in [-0.39, 0.29) is 37.4 Å². The van der Waals surface area contributed by atoms with Gasteiger partial charge in [0.2, 0.25) is 21.8 Å². The minimum absolute atomic E-state index is 0.0319. The van der Waals surface area contributed by atoms with Crippen LogP contribution in [0.3, 0.4) is 0 Å². The van der Waals surface area contributed by atoms with Crippen LogP contribution in [0.4, 0.5) is 5.69 Å². The normalized spacial score (nSPS) is 12.8. The zero-order chi connectivity index (χ0) is 30.0. The first kappa shape index (κ1) is 31.9. The summed E-state index contributed by atoms with van der Waals surface area (Å²) in [6.45, 7) is 8.26. The highest BCUT2D eigenvalue weighted by atomic mass is 32.2. The van der Waals surface area contributed by atoms with Crippen LogP contribution in [0, 0.1) is 13.8 Å². The largest absolute Gasteiger partial charge is 0.352 e. The van der Waals surface area contributed by atoms with Gasteiger partial charge in [-0.3, -0.25) is 13.9 Å². The standard InChI is InChI=1S/C33H43N3O4S/c1-6-27(4)34-33(38)31(23-28-14-9-7-10-15-28)35(24-29-16-11-8-12-17-29)32(37)18-13-19-36(41(5,39)40)30-21-25(2)20-26(3)22-30/h7-12,14-17,20-22,27,31H,6,13,18-19,23-24H2,1-5H3,(H,34,38)/t27-,31+/m0/s1. The lowest BCUT2D eigenvalue weighted by atomic mass is 10.0. The molecule has 0 spiro atoms. The van der Waals surface area contributed by atoms with E-state index < -0.39 is 16.1 Å². The second-order valence-electron chi connectivity index (χ2n) is 10.8. The Morgan fingerprint density at radius 2 is 1.44 bits per heavy atom. The summed E-state index contributed by atoms with van der Waals surface area (Å²) in [7, 11) is -3.56. The Balaban J connectivity index is 1.88. The van der Waals surface area contributed by atoms with Crippen LogP contribution in [-0.2, 0) is 32.6 Å². The first-order valence-corrected chi connectivity index (χ1v) is 16.1. The van der Waals surface area contributed by atoms with E-state index in [1.54, 1.807) is 4.90 Å². The lowest BCUT2D eigenvalue weighted by molar-refractivity contribution is -0.141. The third-order valence-electron chi connectivity index (χ3n) is 7.11. The zero-order valence-corrected chi connectivity index (χ0v) is 25.7. The van der Waals surface area contributed by atoms with E-state index in [4.69, 9.17) is 0 Å². The van der Waals surface area contributed by atoms with Crippen molar-refractivity contribution in [3.8, 4) is 0 Å². The lowest BCUT2D eigenvalue weighted by Crippen LogP contribution is -2.52. The number of carbonyl (C=O) groups is 2. The van der Waals surface area contributed by atoms with Crippen LogP contribution in [0.2, 0.25) is 0 Å². The second-order valence-corrected chi connectivity index (χ2v) is 12.7. The average molecular weight is 578 g/mol. The molecule has 0 saturated heterocycles. The zero-order valence-electron chi connectivity index (χ0n) is 24.8. The first-order valence-electron chi connectivity index (χ1n) is 14.2. The monoisotopic (exact) mass is 577 g/mol. The van der Waals surface area contributed by atoms with Crippen molar-refractivity contribution in [2.75, 3.05) is 17.1 Å². The van der Waals surface area contributed by atoms with Gasteiger partial charge >= 0.3 is 0 Å². The molecule has 0 heterocycles. The predicted octanol–water partition coefficient (Wildman–Crippen LogP) is 5.40. The fraction of sp³-hybridized carbons (Fsp3) is 0.394. The van der Waals surface area contributed by atoms with E-state index >= 15 is 0 Å². The molecule has 1 N–H and O–H groups in total. The quantitative estimate of drug-likeness (QED) is 0.278. The Bertz CT molecular complexity index is 1370. The SMILES string of the molecule is CC[C@H](C)NC(=O)[C@@H](Cc1ccccc1)N(Cc1ccccc1)C(=O)CCCN(c1cc(C)cc(C)c1)S(C)(=O)=O. The number of amides is 2. The summed E-state index contributed by atoms with van der Waals surface area (Å²) in [5.74, 6) is -0.386. The molecule has 0 aromatic heterocycles. The average Bonchev–Trinajstić information content (AvgIpc) is 2.92. The Labute approximate surface area is 245 Å². The minimum atomic E-state index is -3.56. The van der Waals surface area contributed by atoms with Gasteiger partial charge in [0, 0.05) is 32.0 Å². The van der Waals surface area contributed by atoms with Crippen LogP contribution < -0.4 is 9.62 Å². The van der Waals surface area contributed by atoms with Crippen molar-refractivity contribution in [3.05, 3.63) is 101 Å². The summed E-state index contributed by atoms with van der Waals surface area (Å²) >= 11 is 0. The molecule has 0 unspecified atom stereocenters. The van der Waals surface area contributed by atoms with Gasteiger partial charge in [0.25, 0.3) is 0 Å². The number of carbonyl (C=O) groups excluding carboxylic acids is 2. The minimum Gasteiger partial charge on any atom is -0.352 e. The highest BCUT2D eigenvalue weighted by Gasteiger charge is 2.31. The van der Waals surface area contributed by atoms with Gasteiger partial charge in [-0.25, -0.2) is 8.42 Å². The molecule has 0 bridgehead atoms. The summed E-state index contributed by atoms with van der Waals surface area (Å²) in [4.78, 5) is 29.2. The number of anilines is 1. The van der Waals surface area contributed by atoms with Crippen molar-refractivity contribution in [3.63, 3.8) is 0 Å². The maximum absolute atomic E-state index is 13.9. The molecule has 0 fully saturated rings. The molecule has 3 rings (SSSR count). The molecule has 8 heteroatoms. The van der Waals surface area contributed by atoms with Crippen LogP contribution in [0.15, 0.2) is 78.9 Å². The number of sulfonamides is 1. The topological polar surface area (TPSA) is 86.8 Å². The molecule has 0 radical (unpaired) electrons. The molecular weight excluding hydrogens is 534 g/mol.